The normalized spacial score (nSPS) is 13.7. The molecule has 0 saturated carbocycles. The van der Waals surface area contributed by atoms with Crippen LogP contribution in [0.5, 0.6) is 23.0 Å². The summed E-state index contributed by atoms with van der Waals surface area (Å²) in [6.07, 6.45) is 1.29. The highest BCUT2D eigenvalue weighted by Gasteiger charge is 2.23. The van der Waals surface area contributed by atoms with Crippen LogP contribution in [0.15, 0.2) is 68.7 Å². The first-order chi connectivity index (χ1) is 22.6. The largest absolute Gasteiger partial charge is 0.507 e. The van der Waals surface area contributed by atoms with Gasteiger partial charge in [-0.05, 0) is 37.3 Å². The topological polar surface area (TPSA) is 155 Å². The van der Waals surface area contributed by atoms with Crippen molar-refractivity contribution in [1.82, 2.24) is 9.47 Å². The van der Waals surface area contributed by atoms with Crippen LogP contribution in [0.1, 0.15) is 17.3 Å². The SMILES string of the molecule is CCn1cc(C(=O)O)c(=O)c2cc(F)c(N3CCN(CCOc4cc(O)c5c(=O)cc(-c6ccc(OC)c(O)c6)oc5c4)CC3)cc21. The maximum absolute atomic E-state index is 15.2. The number of ether oxygens (including phenoxy) is 2. The molecule has 0 amide bonds. The number of aromatic hydroxyl groups is 2. The molecule has 244 valence electrons. The van der Waals surface area contributed by atoms with E-state index in [1.54, 1.807) is 22.8 Å². The molecule has 1 fully saturated rings. The number of anilines is 1. The maximum Gasteiger partial charge on any atom is 0.341 e. The summed E-state index contributed by atoms with van der Waals surface area (Å²) < 4.78 is 33.8. The minimum Gasteiger partial charge on any atom is -0.507 e. The summed E-state index contributed by atoms with van der Waals surface area (Å²) in [5.74, 6) is -1.57. The van der Waals surface area contributed by atoms with Gasteiger partial charge in [-0.15, -0.1) is 0 Å². The highest BCUT2D eigenvalue weighted by atomic mass is 19.1. The summed E-state index contributed by atoms with van der Waals surface area (Å²) in [7, 11) is 1.43. The lowest BCUT2D eigenvalue weighted by Crippen LogP contribution is -2.47. The molecule has 1 aliphatic rings. The van der Waals surface area contributed by atoms with E-state index < -0.39 is 28.2 Å². The number of halogens is 1. The standard InChI is InChI=1S/C34H32FN3O9/c1-3-37-18-22(34(43)44)33(42)21-15-23(35)25(16-24(21)37)38-8-6-36(7-9-38)10-11-46-20-13-27(40)32-28(41)17-30(47-31(32)14-20)19-4-5-29(45-2)26(39)12-19/h4-5,12-18,39-40H,3,6-11H2,1-2H3,(H,43,44). The highest BCUT2D eigenvalue weighted by Crippen LogP contribution is 2.34. The van der Waals surface area contributed by atoms with E-state index in [0.29, 0.717) is 61.8 Å². The fraction of sp³-hybridized carbons (Fsp3) is 0.265. The van der Waals surface area contributed by atoms with Crippen LogP contribution in [0.3, 0.4) is 0 Å². The monoisotopic (exact) mass is 645 g/mol. The van der Waals surface area contributed by atoms with Crippen LogP contribution in [-0.2, 0) is 6.54 Å². The number of piperazine rings is 1. The molecule has 0 radical (unpaired) electrons. The first-order valence-corrected chi connectivity index (χ1v) is 15.0. The van der Waals surface area contributed by atoms with Gasteiger partial charge in [0.05, 0.1) is 18.3 Å². The average molecular weight is 646 g/mol. The number of aromatic carboxylic acids is 1. The minimum atomic E-state index is -1.35. The van der Waals surface area contributed by atoms with E-state index in [1.165, 1.54) is 37.6 Å². The summed E-state index contributed by atoms with van der Waals surface area (Å²) in [5.41, 5.74) is -0.185. The summed E-state index contributed by atoms with van der Waals surface area (Å²) in [5, 5.41) is 30.2. The number of methoxy groups -OCH3 is 1. The van der Waals surface area contributed by atoms with Crippen LogP contribution >= 0.6 is 0 Å². The number of fused-ring (bicyclic) bond motifs is 2. The molecular weight excluding hydrogens is 613 g/mol. The fourth-order valence-electron chi connectivity index (χ4n) is 5.87. The van der Waals surface area contributed by atoms with Crippen molar-refractivity contribution >= 4 is 33.5 Å². The molecule has 6 rings (SSSR count). The lowest BCUT2D eigenvalue weighted by Gasteiger charge is -2.36. The highest BCUT2D eigenvalue weighted by molar-refractivity contribution is 5.93. The van der Waals surface area contributed by atoms with E-state index in [0.717, 1.165) is 6.07 Å². The number of carbonyl (C=O) groups is 1. The Balaban J connectivity index is 1.12. The van der Waals surface area contributed by atoms with Gasteiger partial charge in [0.15, 0.2) is 16.9 Å². The number of benzene rings is 3. The zero-order chi connectivity index (χ0) is 33.4. The first kappa shape index (κ1) is 31.4. The van der Waals surface area contributed by atoms with E-state index in [1.807, 2.05) is 11.8 Å². The number of phenolic OH excluding ortho intramolecular Hbond substituents is 2. The van der Waals surface area contributed by atoms with Crippen LogP contribution in [0, 0.1) is 5.82 Å². The molecule has 3 aromatic carbocycles. The third-order valence-corrected chi connectivity index (χ3v) is 8.36. The lowest BCUT2D eigenvalue weighted by molar-refractivity contribution is 0.0694. The molecule has 0 atom stereocenters. The van der Waals surface area contributed by atoms with Crippen LogP contribution in [0.2, 0.25) is 0 Å². The minimum absolute atomic E-state index is 0.00846. The molecule has 0 spiro atoms. The summed E-state index contributed by atoms with van der Waals surface area (Å²) in [6, 6.07) is 11.4. The molecular formula is C34H32FN3O9. The number of nitrogens with zero attached hydrogens (tertiary/aromatic N) is 3. The second-order valence-electron chi connectivity index (χ2n) is 11.1. The molecule has 12 nitrogen and oxygen atoms in total. The number of rotatable bonds is 9. The van der Waals surface area contributed by atoms with E-state index in [2.05, 4.69) is 4.90 Å². The van der Waals surface area contributed by atoms with Gasteiger partial charge in [-0.3, -0.25) is 14.5 Å². The van der Waals surface area contributed by atoms with Crippen molar-refractivity contribution in [2.24, 2.45) is 0 Å². The zero-order valence-electron chi connectivity index (χ0n) is 25.7. The molecule has 2 aromatic heterocycles. The Morgan fingerprint density at radius 2 is 1.77 bits per heavy atom. The predicted octanol–water partition coefficient (Wildman–Crippen LogP) is 4.25. The van der Waals surface area contributed by atoms with Crippen molar-refractivity contribution < 1.29 is 38.4 Å². The predicted molar refractivity (Wildman–Crippen MR) is 173 cm³/mol. The second-order valence-corrected chi connectivity index (χ2v) is 11.1. The van der Waals surface area contributed by atoms with Crippen LogP contribution in [-0.4, -0.2) is 77.2 Å². The van der Waals surface area contributed by atoms with Gasteiger partial charge in [0, 0.05) is 74.6 Å². The van der Waals surface area contributed by atoms with E-state index in [-0.39, 0.29) is 46.0 Å². The Kier molecular flexibility index (Phi) is 8.48. The van der Waals surface area contributed by atoms with Crippen molar-refractivity contribution in [3.63, 3.8) is 0 Å². The molecule has 1 saturated heterocycles. The van der Waals surface area contributed by atoms with Crippen molar-refractivity contribution in [1.29, 1.82) is 0 Å². The van der Waals surface area contributed by atoms with E-state index in [4.69, 9.17) is 13.9 Å². The second kappa shape index (κ2) is 12.7. The quantitative estimate of drug-likeness (QED) is 0.211. The Bertz CT molecular complexity index is 2130. The van der Waals surface area contributed by atoms with Gasteiger partial charge >= 0.3 is 5.97 Å². The average Bonchev–Trinajstić information content (AvgIpc) is 3.04. The molecule has 0 bridgehead atoms. The molecule has 1 aliphatic heterocycles. The summed E-state index contributed by atoms with van der Waals surface area (Å²) in [6.45, 7) is 5.27. The Morgan fingerprint density at radius 1 is 1.00 bits per heavy atom. The number of carboxylic acids is 1. The number of hydrogen-bond donors (Lipinski definition) is 3. The first-order valence-electron chi connectivity index (χ1n) is 15.0. The summed E-state index contributed by atoms with van der Waals surface area (Å²) in [4.78, 5) is 41.1. The number of hydrogen-bond acceptors (Lipinski definition) is 10. The van der Waals surface area contributed by atoms with Gasteiger partial charge in [-0.25, -0.2) is 9.18 Å². The summed E-state index contributed by atoms with van der Waals surface area (Å²) >= 11 is 0. The Morgan fingerprint density at radius 3 is 2.45 bits per heavy atom. The number of pyridine rings is 1. The molecule has 47 heavy (non-hydrogen) atoms. The molecule has 5 aromatic rings. The third kappa shape index (κ3) is 6.04. The lowest BCUT2D eigenvalue weighted by atomic mass is 10.1. The van der Waals surface area contributed by atoms with E-state index >= 15 is 4.39 Å². The molecule has 0 unspecified atom stereocenters. The third-order valence-electron chi connectivity index (χ3n) is 8.36. The van der Waals surface area contributed by atoms with Gasteiger partial charge in [-0.1, -0.05) is 0 Å². The number of aryl methyl sites for hydroxylation is 1. The molecule has 3 heterocycles. The number of carboxylic acid groups (broad SMARTS) is 1. The van der Waals surface area contributed by atoms with Gasteiger partial charge in [-0.2, -0.15) is 0 Å². The van der Waals surface area contributed by atoms with Crippen LogP contribution in [0.4, 0.5) is 10.1 Å². The molecule has 3 N–H and O–H groups in total. The van der Waals surface area contributed by atoms with Gasteiger partial charge in [0.1, 0.15) is 46.2 Å². The smallest absolute Gasteiger partial charge is 0.341 e. The van der Waals surface area contributed by atoms with Crippen LogP contribution < -0.4 is 25.2 Å². The molecule has 0 aliphatic carbocycles. The maximum atomic E-state index is 15.2. The molecule has 13 heteroatoms. The zero-order valence-corrected chi connectivity index (χ0v) is 25.7. The van der Waals surface area contributed by atoms with Crippen molar-refractivity contribution in [2.45, 2.75) is 13.5 Å². The fourth-order valence-corrected chi connectivity index (χ4v) is 5.87. The van der Waals surface area contributed by atoms with Gasteiger partial charge in [0.2, 0.25) is 5.43 Å². The van der Waals surface area contributed by atoms with E-state index in [9.17, 15) is 29.7 Å². The number of aromatic nitrogens is 1. The van der Waals surface area contributed by atoms with Gasteiger partial charge in [0.25, 0.3) is 0 Å². The van der Waals surface area contributed by atoms with Crippen molar-refractivity contribution in [3.8, 4) is 34.3 Å². The number of phenols is 2. The van der Waals surface area contributed by atoms with Crippen molar-refractivity contribution in [2.75, 3.05) is 51.3 Å². The Hall–Kier alpha value is -5.56. The van der Waals surface area contributed by atoms with Crippen molar-refractivity contribution in [3.05, 3.63) is 86.6 Å². The van der Waals surface area contributed by atoms with Crippen LogP contribution in [0.25, 0.3) is 33.2 Å². The Labute approximate surface area is 267 Å². The van der Waals surface area contributed by atoms with Gasteiger partial charge < -0.3 is 38.7 Å².